The molecule has 5 rings (SSSR count). The van der Waals surface area contributed by atoms with Gasteiger partial charge < -0.3 is 15.4 Å². The van der Waals surface area contributed by atoms with Crippen LogP contribution in [-0.2, 0) is 10.4 Å². The Bertz CT molecular complexity index is 1280. The molecule has 1 aromatic carbocycles. The van der Waals surface area contributed by atoms with E-state index in [1.165, 1.54) is 0 Å². The summed E-state index contributed by atoms with van der Waals surface area (Å²) in [6.07, 6.45) is 9.98. The molecule has 0 unspecified atom stereocenters. The van der Waals surface area contributed by atoms with Crippen molar-refractivity contribution in [1.82, 2.24) is 25.3 Å². The molecule has 0 bridgehead atoms. The zero-order valence-electron chi connectivity index (χ0n) is 20.6. The highest BCUT2D eigenvalue weighted by Gasteiger charge is 2.48. The standard InChI is InChI=1S/C26H27N5O2.C2H6/c1-3-8-19-17(4-2)15-21(32)31-25(19)11-13-26(33,14-12-25)24-28-20-16-27-22(29-23(20)30-24)18-9-6-5-7-10-18;1-2/h3-10,16,33H,2,11-15H2,1H3,(H,31,32)(H,27,28,29,30);1-2H3/b8-3-;. The smallest absolute Gasteiger partial charge is 0.225 e. The maximum Gasteiger partial charge on any atom is 0.225 e. The Morgan fingerprint density at radius 3 is 2.46 bits per heavy atom. The number of aromatic nitrogens is 4. The zero-order valence-corrected chi connectivity index (χ0v) is 20.6. The van der Waals surface area contributed by atoms with Crippen molar-refractivity contribution < 1.29 is 9.90 Å². The van der Waals surface area contributed by atoms with E-state index in [1.807, 2.05) is 57.2 Å². The average Bonchev–Trinajstić information content (AvgIpc) is 3.34. The summed E-state index contributed by atoms with van der Waals surface area (Å²) in [6.45, 7) is 9.88. The van der Waals surface area contributed by atoms with Gasteiger partial charge in [0.25, 0.3) is 0 Å². The molecule has 1 saturated carbocycles. The Labute approximate surface area is 206 Å². The zero-order chi connectivity index (χ0) is 25.1. The van der Waals surface area contributed by atoms with Crippen molar-refractivity contribution >= 4 is 17.1 Å². The number of allylic oxidation sites excluding steroid dienone is 2. The third kappa shape index (κ3) is 4.56. The summed E-state index contributed by atoms with van der Waals surface area (Å²) < 4.78 is 0. The monoisotopic (exact) mass is 471 g/mol. The molecule has 1 spiro atoms. The lowest BCUT2D eigenvalue weighted by Crippen LogP contribution is -2.56. The normalized spacial score (nSPS) is 24.4. The summed E-state index contributed by atoms with van der Waals surface area (Å²) in [5.74, 6) is 1.09. The quantitative estimate of drug-likeness (QED) is 0.490. The molecule has 0 radical (unpaired) electrons. The highest BCUT2D eigenvalue weighted by molar-refractivity contribution is 5.83. The molecule has 2 aromatic heterocycles. The Balaban J connectivity index is 0.00000141. The predicted molar refractivity (Wildman–Crippen MR) is 138 cm³/mol. The first-order chi connectivity index (χ1) is 17.0. The van der Waals surface area contributed by atoms with Gasteiger partial charge in [0.05, 0.1) is 18.2 Å². The Morgan fingerprint density at radius 1 is 1.09 bits per heavy atom. The molecule has 3 aromatic rings. The number of aliphatic hydroxyl groups is 1. The van der Waals surface area contributed by atoms with Gasteiger partial charge in [-0.1, -0.05) is 69.0 Å². The van der Waals surface area contributed by atoms with Crippen molar-refractivity contribution in [1.29, 1.82) is 0 Å². The molecule has 1 amide bonds. The molecule has 35 heavy (non-hydrogen) atoms. The number of imidazole rings is 1. The second kappa shape index (κ2) is 9.96. The van der Waals surface area contributed by atoms with Gasteiger partial charge in [-0.15, -0.1) is 0 Å². The lowest BCUT2D eigenvalue weighted by molar-refractivity contribution is -0.124. The van der Waals surface area contributed by atoms with E-state index in [-0.39, 0.29) is 5.91 Å². The number of fused-ring (bicyclic) bond motifs is 1. The SMILES string of the molecule is C=CC1=C(/C=C\C)C2(CCC(O)(c3nc4nc(-c5ccccc5)ncc4[nH]3)CC2)NC(=O)C1.CC. The summed E-state index contributed by atoms with van der Waals surface area (Å²) in [5.41, 5.74) is 2.55. The summed E-state index contributed by atoms with van der Waals surface area (Å²) in [5, 5.41) is 14.8. The predicted octanol–water partition coefficient (Wildman–Crippen LogP) is 5.13. The molecular formula is C28H33N5O2. The second-order valence-electron chi connectivity index (χ2n) is 8.86. The number of rotatable bonds is 4. The van der Waals surface area contributed by atoms with Gasteiger partial charge in [0.15, 0.2) is 11.5 Å². The Kier molecular flexibility index (Phi) is 6.98. The number of benzene rings is 1. The Morgan fingerprint density at radius 2 is 1.80 bits per heavy atom. The lowest BCUT2D eigenvalue weighted by atomic mass is 9.67. The molecule has 182 valence electrons. The van der Waals surface area contributed by atoms with Crippen LogP contribution < -0.4 is 5.32 Å². The van der Waals surface area contributed by atoms with Crippen LogP contribution in [0.3, 0.4) is 0 Å². The van der Waals surface area contributed by atoms with Crippen LogP contribution in [0.4, 0.5) is 0 Å². The second-order valence-corrected chi connectivity index (χ2v) is 8.86. The van der Waals surface area contributed by atoms with E-state index in [1.54, 1.807) is 12.3 Å². The average molecular weight is 472 g/mol. The summed E-state index contributed by atoms with van der Waals surface area (Å²) >= 11 is 0. The lowest BCUT2D eigenvalue weighted by Gasteiger charge is -2.47. The maximum absolute atomic E-state index is 12.4. The highest BCUT2D eigenvalue weighted by atomic mass is 16.3. The van der Waals surface area contributed by atoms with Crippen molar-refractivity contribution in [2.45, 2.75) is 64.0 Å². The van der Waals surface area contributed by atoms with Crippen molar-refractivity contribution in [3.05, 3.63) is 78.3 Å². The van der Waals surface area contributed by atoms with Crippen LogP contribution in [0.2, 0.25) is 0 Å². The van der Waals surface area contributed by atoms with Crippen LogP contribution in [0, 0.1) is 0 Å². The number of amides is 1. The molecule has 0 saturated heterocycles. The summed E-state index contributed by atoms with van der Waals surface area (Å²) in [4.78, 5) is 29.4. The molecular weight excluding hydrogens is 438 g/mol. The van der Waals surface area contributed by atoms with Crippen LogP contribution in [0.5, 0.6) is 0 Å². The minimum atomic E-state index is -1.13. The number of hydrogen-bond acceptors (Lipinski definition) is 5. The van der Waals surface area contributed by atoms with E-state index >= 15 is 0 Å². The van der Waals surface area contributed by atoms with E-state index in [2.05, 4.69) is 37.9 Å². The number of nitrogens with zero attached hydrogens (tertiary/aromatic N) is 3. The fraction of sp³-hybridized carbons (Fsp3) is 0.357. The van der Waals surface area contributed by atoms with Gasteiger partial charge in [-0.2, -0.15) is 0 Å². The molecule has 1 aliphatic carbocycles. The molecule has 0 atom stereocenters. The van der Waals surface area contributed by atoms with Crippen LogP contribution in [0.1, 0.15) is 58.7 Å². The van der Waals surface area contributed by atoms with Crippen LogP contribution in [-0.4, -0.2) is 36.5 Å². The van der Waals surface area contributed by atoms with Crippen molar-refractivity contribution in [2.75, 3.05) is 0 Å². The van der Waals surface area contributed by atoms with Gasteiger partial charge in [0.1, 0.15) is 16.9 Å². The molecule has 1 aliphatic heterocycles. The van der Waals surface area contributed by atoms with Crippen LogP contribution >= 0.6 is 0 Å². The molecule has 1 fully saturated rings. The Hall–Kier alpha value is -3.58. The third-order valence-corrected chi connectivity index (χ3v) is 6.81. The highest BCUT2D eigenvalue weighted by Crippen LogP contribution is 2.46. The van der Waals surface area contributed by atoms with Gasteiger partial charge in [-0.25, -0.2) is 15.0 Å². The fourth-order valence-electron chi connectivity index (χ4n) is 5.05. The number of carbonyl (C=O) groups is 1. The van der Waals surface area contributed by atoms with Gasteiger partial charge in [0, 0.05) is 5.56 Å². The van der Waals surface area contributed by atoms with Crippen molar-refractivity contribution in [2.24, 2.45) is 0 Å². The van der Waals surface area contributed by atoms with Gasteiger partial charge in [0.2, 0.25) is 5.91 Å². The topological polar surface area (TPSA) is 104 Å². The van der Waals surface area contributed by atoms with Gasteiger partial charge in [-0.05, 0) is 43.8 Å². The number of aromatic amines is 1. The van der Waals surface area contributed by atoms with E-state index in [4.69, 9.17) is 0 Å². The summed E-state index contributed by atoms with van der Waals surface area (Å²) in [6, 6.07) is 9.74. The molecule has 7 nitrogen and oxygen atoms in total. The number of H-pyrrole nitrogens is 1. The van der Waals surface area contributed by atoms with E-state index in [9.17, 15) is 9.90 Å². The molecule has 7 heteroatoms. The number of hydrogen-bond donors (Lipinski definition) is 3. The van der Waals surface area contributed by atoms with Gasteiger partial charge >= 0.3 is 0 Å². The molecule has 3 heterocycles. The van der Waals surface area contributed by atoms with E-state index in [0.29, 0.717) is 54.9 Å². The van der Waals surface area contributed by atoms with Crippen molar-refractivity contribution in [3.63, 3.8) is 0 Å². The van der Waals surface area contributed by atoms with Crippen LogP contribution in [0.15, 0.2) is 72.5 Å². The first-order valence-electron chi connectivity index (χ1n) is 12.3. The first-order valence-corrected chi connectivity index (χ1v) is 12.3. The number of carbonyl (C=O) groups excluding carboxylic acids is 1. The minimum Gasteiger partial charge on any atom is -0.382 e. The molecule has 2 aliphatic rings. The van der Waals surface area contributed by atoms with E-state index in [0.717, 1.165) is 16.7 Å². The van der Waals surface area contributed by atoms with Crippen LogP contribution in [0.25, 0.3) is 22.6 Å². The third-order valence-electron chi connectivity index (χ3n) is 6.81. The van der Waals surface area contributed by atoms with Gasteiger partial charge in [-0.3, -0.25) is 4.79 Å². The summed E-state index contributed by atoms with van der Waals surface area (Å²) in [7, 11) is 0. The molecule has 3 N–H and O–H groups in total. The largest absolute Gasteiger partial charge is 0.382 e. The fourth-order valence-corrected chi connectivity index (χ4v) is 5.05. The van der Waals surface area contributed by atoms with Crippen molar-refractivity contribution in [3.8, 4) is 11.4 Å². The van der Waals surface area contributed by atoms with E-state index < -0.39 is 11.1 Å². The maximum atomic E-state index is 12.4. The first kappa shape index (κ1) is 24.5. The number of nitrogens with one attached hydrogen (secondary N) is 2. The minimum absolute atomic E-state index is 0.00366.